The highest BCUT2D eigenvalue weighted by molar-refractivity contribution is 5.63. The normalized spacial score (nSPS) is 10.6. The van der Waals surface area contributed by atoms with Crippen LogP contribution in [0.5, 0.6) is 0 Å². The highest BCUT2D eigenvalue weighted by Crippen LogP contribution is 2.20. The van der Waals surface area contributed by atoms with Gasteiger partial charge in [-0.3, -0.25) is 9.36 Å². The molecule has 0 unspecified atom stereocenters. The zero-order valence-corrected chi connectivity index (χ0v) is 11.6. The van der Waals surface area contributed by atoms with Crippen molar-refractivity contribution in [2.45, 2.75) is 6.92 Å². The summed E-state index contributed by atoms with van der Waals surface area (Å²) in [5.74, 6) is -0.271. The second-order valence-corrected chi connectivity index (χ2v) is 4.93. The number of para-hydroxylation sites is 1. The van der Waals surface area contributed by atoms with Crippen molar-refractivity contribution in [3.05, 3.63) is 88.6 Å². The summed E-state index contributed by atoms with van der Waals surface area (Å²) in [6.45, 7) is 1.79. The maximum absolute atomic E-state index is 13.0. The van der Waals surface area contributed by atoms with E-state index in [0.29, 0.717) is 5.56 Å². The van der Waals surface area contributed by atoms with Crippen molar-refractivity contribution in [1.82, 2.24) is 4.57 Å². The van der Waals surface area contributed by atoms with Gasteiger partial charge in [-0.05, 0) is 48.4 Å². The van der Waals surface area contributed by atoms with E-state index in [1.807, 2.05) is 36.4 Å². The van der Waals surface area contributed by atoms with Crippen LogP contribution in [0.4, 0.5) is 4.39 Å². The Morgan fingerprint density at radius 2 is 1.57 bits per heavy atom. The molecule has 0 amide bonds. The molecule has 0 N–H and O–H groups in total. The molecule has 3 heteroatoms. The van der Waals surface area contributed by atoms with Crippen LogP contribution in [0.15, 0.2) is 71.7 Å². The molecule has 0 atom stereocenters. The van der Waals surface area contributed by atoms with Gasteiger partial charge in [-0.1, -0.05) is 30.3 Å². The Hall–Kier alpha value is -2.68. The molecule has 0 aliphatic heterocycles. The predicted molar refractivity (Wildman–Crippen MR) is 82.2 cm³/mol. The molecule has 0 fully saturated rings. The molecule has 2 nitrogen and oxygen atoms in total. The molecule has 0 aliphatic rings. The number of rotatable bonds is 2. The van der Waals surface area contributed by atoms with Gasteiger partial charge in [0, 0.05) is 17.4 Å². The van der Waals surface area contributed by atoms with Crippen LogP contribution in [-0.2, 0) is 0 Å². The molecule has 2 aromatic carbocycles. The molecule has 0 bridgehead atoms. The Morgan fingerprint density at radius 1 is 0.905 bits per heavy atom. The number of nitrogens with zero attached hydrogens (tertiary/aromatic N) is 1. The lowest BCUT2D eigenvalue weighted by atomic mass is 10.1. The summed E-state index contributed by atoms with van der Waals surface area (Å²) in [6.07, 6.45) is 1.79. The van der Waals surface area contributed by atoms with Gasteiger partial charge in [0.05, 0.1) is 0 Å². The monoisotopic (exact) mass is 279 g/mol. The summed E-state index contributed by atoms with van der Waals surface area (Å²) in [4.78, 5) is 12.3. The van der Waals surface area contributed by atoms with Crippen LogP contribution >= 0.6 is 0 Å². The Balaban J connectivity index is 2.19. The Labute approximate surface area is 122 Å². The second kappa shape index (κ2) is 5.37. The zero-order valence-electron chi connectivity index (χ0n) is 11.6. The number of benzene rings is 2. The van der Waals surface area contributed by atoms with E-state index in [1.165, 1.54) is 12.1 Å². The van der Waals surface area contributed by atoms with Crippen LogP contribution in [-0.4, -0.2) is 4.57 Å². The van der Waals surface area contributed by atoms with Gasteiger partial charge in [0.2, 0.25) is 0 Å². The summed E-state index contributed by atoms with van der Waals surface area (Å²) in [7, 11) is 0. The van der Waals surface area contributed by atoms with Gasteiger partial charge in [0.25, 0.3) is 5.56 Å². The fourth-order valence-electron chi connectivity index (χ4n) is 2.30. The smallest absolute Gasteiger partial charge is 0.258 e. The molecule has 3 rings (SSSR count). The van der Waals surface area contributed by atoms with Gasteiger partial charge in [0.15, 0.2) is 0 Å². The van der Waals surface area contributed by atoms with E-state index < -0.39 is 0 Å². The predicted octanol–water partition coefficient (Wildman–Crippen LogP) is 3.95. The number of pyridine rings is 1. The first-order chi connectivity index (χ1) is 10.1. The van der Waals surface area contributed by atoms with Gasteiger partial charge in [-0.25, -0.2) is 4.39 Å². The van der Waals surface area contributed by atoms with Crippen LogP contribution in [0, 0.1) is 12.7 Å². The van der Waals surface area contributed by atoms with Crippen molar-refractivity contribution in [3.63, 3.8) is 0 Å². The molecule has 1 heterocycles. The van der Waals surface area contributed by atoms with Gasteiger partial charge >= 0.3 is 0 Å². The van der Waals surface area contributed by atoms with Crippen molar-refractivity contribution < 1.29 is 4.39 Å². The average molecular weight is 279 g/mol. The quantitative estimate of drug-likeness (QED) is 0.696. The highest BCUT2D eigenvalue weighted by atomic mass is 19.1. The van der Waals surface area contributed by atoms with Crippen LogP contribution in [0.2, 0.25) is 0 Å². The van der Waals surface area contributed by atoms with Crippen molar-refractivity contribution in [1.29, 1.82) is 0 Å². The number of aryl methyl sites for hydroxylation is 1. The lowest BCUT2D eigenvalue weighted by Crippen LogP contribution is -2.20. The molecular weight excluding hydrogens is 265 g/mol. The van der Waals surface area contributed by atoms with E-state index in [2.05, 4.69) is 0 Å². The Bertz CT molecular complexity index is 820. The molecule has 21 heavy (non-hydrogen) atoms. The molecule has 0 saturated heterocycles. The molecule has 0 saturated carbocycles. The van der Waals surface area contributed by atoms with Crippen LogP contribution in [0.1, 0.15) is 5.56 Å². The standard InChI is InChI=1S/C18H14FNO/c1-13-11-15(14-7-9-16(19)10-8-14)12-20(18(13)21)17-5-3-2-4-6-17/h2-12H,1H3. The minimum absolute atomic E-state index is 0.0490. The van der Waals surface area contributed by atoms with E-state index in [-0.39, 0.29) is 11.4 Å². The molecule has 0 aliphatic carbocycles. The molecule has 0 radical (unpaired) electrons. The second-order valence-electron chi connectivity index (χ2n) is 4.93. The van der Waals surface area contributed by atoms with E-state index >= 15 is 0 Å². The first-order valence-electron chi connectivity index (χ1n) is 6.70. The van der Waals surface area contributed by atoms with Crippen LogP contribution in [0.3, 0.4) is 0 Å². The molecule has 3 aromatic rings. The lowest BCUT2D eigenvalue weighted by molar-refractivity contribution is 0.628. The number of aromatic nitrogens is 1. The van der Waals surface area contributed by atoms with Crippen molar-refractivity contribution in [2.75, 3.05) is 0 Å². The van der Waals surface area contributed by atoms with Gasteiger partial charge < -0.3 is 0 Å². The number of halogens is 1. The summed E-state index contributed by atoms with van der Waals surface area (Å²) in [5.41, 5.74) is 3.18. The average Bonchev–Trinajstić information content (AvgIpc) is 2.51. The van der Waals surface area contributed by atoms with Crippen LogP contribution in [0.25, 0.3) is 16.8 Å². The first kappa shape index (κ1) is 13.3. The maximum atomic E-state index is 13.0. The SMILES string of the molecule is Cc1cc(-c2ccc(F)cc2)cn(-c2ccccc2)c1=O. The minimum atomic E-state index is -0.271. The van der Waals surface area contributed by atoms with Gasteiger partial charge in [0.1, 0.15) is 5.82 Å². The zero-order chi connectivity index (χ0) is 14.8. The van der Waals surface area contributed by atoms with E-state index in [1.54, 1.807) is 29.8 Å². The summed E-state index contributed by atoms with van der Waals surface area (Å²) < 4.78 is 14.7. The van der Waals surface area contributed by atoms with E-state index in [4.69, 9.17) is 0 Å². The summed E-state index contributed by atoms with van der Waals surface area (Å²) in [6, 6.07) is 17.5. The largest absolute Gasteiger partial charge is 0.283 e. The Kier molecular flexibility index (Phi) is 3.40. The fraction of sp³-hybridized carbons (Fsp3) is 0.0556. The maximum Gasteiger partial charge on any atom is 0.258 e. The third-order valence-electron chi connectivity index (χ3n) is 3.41. The molecule has 0 spiro atoms. The molecule has 104 valence electrons. The van der Waals surface area contributed by atoms with Crippen molar-refractivity contribution in [3.8, 4) is 16.8 Å². The first-order valence-corrected chi connectivity index (χ1v) is 6.70. The van der Waals surface area contributed by atoms with E-state index in [9.17, 15) is 9.18 Å². The molecular formula is C18H14FNO. The Morgan fingerprint density at radius 3 is 2.24 bits per heavy atom. The number of hydrogen-bond donors (Lipinski definition) is 0. The summed E-state index contributed by atoms with van der Waals surface area (Å²) >= 11 is 0. The third-order valence-corrected chi connectivity index (χ3v) is 3.41. The third kappa shape index (κ3) is 2.63. The van der Waals surface area contributed by atoms with Crippen molar-refractivity contribution >= 4 is 0 Å². The van der Waals surface area contributed by atoms with Crippen LogP contribution < -0.4 is 5.56 Å². The lowest BCUT2D eigenvalue weighted by Gasteiger charge is -2.10. The number of hydrogen-bond acceptors (Lipinski definition) is 1. The molecule has 1 aromatic heterocycles. The topological polar surface area (TPSA) is 22.0 Å². The fourth-order valence-corrected chi connectivity index (χ4v) is 2.30. The summed E-state index contributed by atoms with van der Waals surface area (Å²) in [5, 5.41) is 0. The van der Waals surface area contributed by atoms with Gasteiger partial charge in [-0.15, -0.1) is 0 Å². The van der Waals surface area contributed by atoms with Crippen molar-refractivity contribution in [2.24, 2.45) is 0 Å². The van der Waals surface area contributed by atoms with E-state index in [0.717, 1.165) is 16.8 Å². The highest BCUT2D eigenvalue weighted by Gasteiger charge is 2.07. The van der Waals surface area contributed by atoms with Gasteiger partial charge in [-0.2, -0.15) is 0 Å². The minimum Gasteiger partial charge on any atom is -0.283 e.